The van der Waals surface area contributed by atoms with Crippen LogP contribution in [0.25, 0.3) is 0 Å². The number of carbonyl (C=O) groups excluding carboxylic acids is 2. The maximum Gasteiger partial charge on any atom is 0.245 e. The van der Waals surface area contributed by atoms with Crippen LogP contribution in [-0.2, 0) is 9.59 Å². The molecule has 1 aliphatic heterocycles. The van der Waals surface area contributed by atoms with Gasteiger partial charge in [-0.3, -0.25) is 9.59 Å². The lowest BCUT2D eigenvalue weighted by Gasteiger charge is -2.33. The highest BCUT2D eigenvalue weighted by Crippen LogP contribution is 2.29. The average Bonchev–Trinajstić information content (AvgIpc) is 2.59. The molecule has 2 fully saturated rings. The molecular weight excluding hydrogens is 264 g/mol. The van der Waals surface area contributed by atoms with E-state index in [9.17, 15) is 9.59 Å². The number of amides is 2. The van der Waals surface area contributed by atoms with Crippen LogP contribution in [0, 0.1) is 5.92 Å². The number of unbranched alkanes of at least 4 members (excludes halogenated alkanes) is 2. The van der Waals surface area contributed by atoms with Crippen molar-refractivity contribution >= 4 is 11.8 Å². The van der Waals surface area contributed by atoms with Gasteiger partial charge >= 0.3 is 0 Å². The van der Waals surface area contributed by atoms with Crippen molar-refractivity contribution in [2.75, 3.05) is 6.54 Å². The third-order valence-electron chi connectivity index (χ3n) is 5.00. The van der Waals surface area contributed by atoms with Crippen LogP contribution in [0.3, 0.4) is 0 Å². The molecule has 2 aliphatic rings. The summed E-state index contributed by atoms with van der Waals surface area (Å²) in [5, 5.41) is 3.02. The van der Waals surface area contributed by atoms with Crippen LogP contribution in [0.5, 0.6) is 0 Å². The Morgan fingerprint density at radius 1 is 1.14 bits per heavy atom. The van der Waals surface area contributed by atoms with Crippen LogP contribution in [0.15, 0.2) is 0 Å². The van der Waals surface area contributed by atoms with Gasteiger partial charge in [0.15, 0.2) is 0 Å². The Balaban J connectivity index is 2.07. The Labute approximate surface area is 128 Å². The standard InChI is InChI=1S/C17H30N2O2/c1-3-4-8-11-19-13(2)12-15(20)18-16(17(19)21)14-9-6-5-7-10-14/h13-14,16H,3-12H2,1-2H3,(H,18,20). The third-order valence-corrected chi connectivity index (χ3v) is 5.00. The minimum atomic E-state index is -0.274. The second-order valence-electron chi connectivity index (χ2n) is 6.74. The summed E-state index contributed by atoms with van der Waals surface area (Å²) in [5.74, 6) is 0.551. The molecular formula is C17H30N2O2. The largest absolute Gasteiger partial charge is 0.344 e. The molecule has 1 saturated carbocycles. The topological polar surface area (TPSA) is 49.4 Å². The number of carbonyl (C=O) groups is 2. The van der Waals surface area contributed by atoms with E-state index in [4.69, 9.17) is 0 Å². The Kier molecular flexibility index (Phi) is 6.07. The van der Waals surface area contributed by atoms with E-state index in [1.165, 1.54) is 19.3 Å². The molecule has 0 aromatic carbocycles. The van der Waals surface area contributed by atoms with Crippen molar-refractivity contribution in [3.8, 4) is 0 Å². The normalized spacial score (nSPS) is 28.4. The number of nitrogens with zero attached hydrogens (tertiary/aromatic N) is 1. The van der Waals surface area contributed by atoms with Crippen LogP contribution < -0.4 is 5.32 Å². The van der Waals surface area contributed by atoms with E-state index in [1.54, 1.807) is 0 Å². The summed E-state index contributed by atoms with van der Waals surface area (Å²) < 4.78 is 0. The number of hydrogen-bond donors (Lipinski definition) is 1. The van der Waals surface area contributed by atoms with E-state index < -0.39 is 0 Å². The van der Waals surface area contributed by atoms with Gasteiger partial charge in [-0.1, -0.05) is 39.0 Å². The molecule has 21 heavy (non-hydrogen) atoms. The smallest absolute Gasteiger partial charge is 0.245 e. The molecule has 0 bridgehead atoms. The predicted octanol–water partition coefficient (Wildman–Crippen LogP) is 2.86. The molecule has 2 unspecified atom stereocenters. The van der Waals surface area contributed by atoms with Gasteiger partial charge in [0.25, 0.3) is 0 Å². The first-order valence-electron chi connectivity index (χ1n) is 8.73. The highest BCUT2D eigenvalue weighted by Gasteiger charge is 2.38. The van der Waals surface area contributed by atoms with Gasteiger partial charge in [-0.05, 0) is 32.1 Å². The van der Waals surface area contributed by atoms with Gasteiger partial charge in [-0.15, -0.1) is 0 Å². The van der Waals surface area contributed by atoms with Crippen LogP contribution in [0.4, 0.5) is 0 Å². The summed E-state index contributed by atoms with van der Waals surface area (Å²) in [6.07, 6.45) is 9.58. The molecule has 4 nitrogen and oxygen atoms in total. The predicted molar refractivity (Wildman–Crippen MR) is 83.8 cm³/mol. The molecule has 2 rings (SSSR count). The van der Waals surface area contributed by atoms with Crippen LogP contribution >= 0.6 is 0 Å². The van der Waals surface area contributed by atoms with Gasteiger partial charge in [-0.25, -0.2) is 0 Å². The molecule has 1 aliphatic carbocycles. The lowest BCUT2D eigenvalue weighted by molar-refractivity contribution is -0.136. The number of rotatable bonds is 5. The zero-order valence-corrected chi connectivity index (χ0v) is 13.6. The van der Waals surface area contributed by atoms with E-state index in [1.807, 2.05) is 11.8 Å². The SMILES string of the molecule is CCCCCN1C(=O)C(C2CCCCC2)NC(=O)CC1C. The molecule has 0 radical (unpaired) electrons. The van der Waals surface area contributed by atoms with Crippen molar-refractivity contribution in [2.24, 2.45) is 5.92 Å². The van der Waals surface area contributed by atoms with Crippen molar-refractivity contribution in [1.29, 1.82) is 0 Å². The van der Waals surface area contributed by atoms with E-state index >= 15 is 0 Å². The lowest BCUT2D eigenvalue weighted by Crippen LogP contribution is -2.50. The van der Waals surface area contributed by atoms with Crippen molar-refractivity contribution in [1.82, 2.24) is 10.2 Å². The van der Waals surface area contributed by atoms with Gasteiger partial charge in [0, 0.05) is 19.0 Å². The monoisotopic (exact) mass is 294 g/mol. The first-order chi connectivity index (χ1) is 10.1. The number of hydrogen-bond acceptors (Lipinski definition) is 2. The fraction of sp³-hybridized carbons (Fsp3) is 0.882. The summed E-state index contributed by atoms with van der Waals surface area (Å²) in [7, 11) is 0. The highest BCUT2D eigenvalue weighted by atomic mass is 16.2. The van der Waals surface area contributed by atoms with Gasteiger partial charge in [0.2, 0.25) is 11.8 Å². The van der Waals surface area contributed by atoms with Crippen molar-refractivity contribution in [2.45, 2.75) is 83.7 Å². The van der Waals surface area contributed by atoms with E-state index in [0.717, 1.165) is 38.6 Å². The van der Waals surface area contributed by atoms with Crippen LogP contribution in [0.2, 0.25) is 0 Å². The minimum Gasteiger partial charge on any atom is -0.344 e. The first kappa shape index (κ1) is 16.3. The van der Waals surface area contributed by atoms with Crippen molar-refractivity contribution in [3.05, 3.63) is 0 Å². The fourth-order valence-corrected chi connectivity index (χ4v) is 3.72. The molecule has 120 valence electrons. The van der Waals surface area contributed by atoms with Crippen molar-refractivity contribution < 1.29 is 9.59 Å². The number of nitrogens with one attached hydrogen (secondary N) is 1. The van der Waals surface area contributed by atoms with Gasteiger partial charge in [0.1, 0.15) is 6.04 Å². The van der Waals surface area contributed by atoms with E-state index in [0.29, 0.717) is 12.3 Å². The maximum absolute atomic E-state index is 12.9. The van der Waals surface area contributed by atoms with Gasteiger partial charge in [-0.2, -0.15) is 0 Å². The molecule has 1 heterocycles. The Morgan fingerprint density at radius 2 is 1.86 bits per heavy atom. The molecule has 0 spiro atoms. The molecule has 1 N–H and O–H groups in total. The summed E-state index contributed by atoms with van der Waals surface area (Å²) in [6.45, 7) is 4.97. The van der Waals surface area contributed by atoms with E-state index in [-0.39, 0.29) is 23.9 Å². The molecule has 0 aromatic rings. The van der Waals surface area contributed by atoms with Gasteiger partial charge < -0.3 is 10.2 Å². The Hall–Kier alpha value is -1.06. The zero-order chi connectivity index (χ0) is 15.2. The second-order valence-corrected chi connectivity index (χ2v) is 6.74. The van der Waals surface area contributed by atoms with Gasteiger partial charge in [0.05, 0.1) is 0 Å². The Bertz CT molecular complexity index is 364. The highest BCUT2D eigenvalue weighted by molar-refractivity contribution is 5.90. The molecule has 2 atom stereocenters. The quantitative estimate of drug-likeness (QED) is 0.793. The second kappa shape index (κ2) is 7.81. The maximum atomic E-state index is 12.9. The van der Waals surface area contributed by atoms with Crippen LogP contribution in [-0.4, -0.2) is 35.3 Å². The Morgan fingerprint density at radius 3 is 2.52 bits per heavy atom. The molecule has 2 amide bonds. The fourth-order valence-electron chi connectivity index (χ4n) is 3.72. The van der Waals surface area contributed by atoms with Crippen molar-refractivity contribution in [3.63, 3.8) is 0 Å². The summed E-state index contributed by atoms with van der Waals surface area (Å²) >= 11 is 0. The summed E-state index contributed by atoms with van der Waals surface area (Å²) in [4.78, 5) is 26.9. The molecule has 0 aromatic heterocycles. The lowest BCUT2D eigenvalue weighted by atomic mass is 9.83. The third kappa shape index (κ3) is 4.21. The minimum absolute atomic E-state index is 0.0305. The first-order valence-corrected chi connectivity index (χ1v) is 8.73. The average molecular weight is 294 g/mol. The van der Waals surface area contributed by atoms with E-state index in [2.05, 4.69) is 12.2 Å². The molecule has 1 saturated heterocycles. The molecule has 4 heteroatoms. The summed E-state index contributed by atoms with van der Waals surface area (Å²) in [6, 6.07) is -0.243. The summed E-state index contributed by atoms with van der Waals surface area (Å²) in [5.41, 5.74) is 0. The van der Waals surface area contributed by atoms with Crippen LogP contribution in [0.1, 0.15) is 71.6 Å². The zero-order valence-electron chi connectivity index (χ0n) is 13.6.